The third-order valence-corrected chi connectivity index (χ3v) is 6.20. The molecule has 3 unspecified atom stereocenters. The van der Waals surface area contributed by atoms with Gasteiger partial charge in [0.05, 0.1) is 0 Å². The van der Waals surface area contributed by atoms with Crippen molar-refractivity contribution in [1.82, 2.24) is 9.80 Å². The molecule has 0 aromatic heterocycles. The second-order valence-corrected chi connectivity index (χ2v) is 8.74. The molecular formula is C20H40N2. The van der Waals surface area contributed by atoms with Crippen molar-refractivity contribution in [1.29, 1.82) is 0 Å². The smallest absolute Gasteiger partial charge is 0.00985 e. The monoisotopic (exact) mass is 308 g/mol. The van der Waals surface area contributed by atoms with Gasteiger partial charge in [-0.15, -0.1) is 0 Å². The normalized spacial score (nSPS) is 30.1. The van der Waals surface area contributed by atoms with Crippen LogP contribution in [0.5, 0.6) is 0 Å². The van der Waals surface area contributed by atoms with Gasteiger partial charge in [0.1, 0.15) is 0 Å². The summed E-state index contributed by atoms with van der Waals surface area (Å²) in [6, 6.07) is 1.77. The number of likely N-dealkylation sites (tertiary alicyclic amines) is 2. The number of nitrogens with zero attached hydrogens (tertiary/aromatic N) is 2. The Morgan fingerprint density at radius 2 is 1.64 bits per heavy atom. The van der Waals surface area contributed by atoms with Crippen LogP contribution >= 0.6 is 0 Å². The third kappa shape index (κ3) is 5.23. The topological polar surface area (TPSA) is 6.48 Å². The van der Waals surface area contributed by atoms with Crippen molar-refractivity contribution in [2.45, 2.75) is 85.2 Å². The summed E-state index contributed by atoms with van der Waals surface area (Å²) < 4.78 is 0. The first-order chi connectivity index (χ1) is 10.5. The van der Waals surface area contributed by atoms with Gasteiger partial charge < -0.3 is 9.80 Å². The summed E-state index contributed by atoms with van der Waals surface area (Å²) in [4.78, 5) is 5.33. The molecule has 130 valence electrons. The predicted molar refractivity (Wildman–Crippen MR) is 97.3 cm³/mol. The highest BCUT2D eigenvalue weighted by Crippen LogP contribution is 2.37. The highest BCUT2D eigenvalue weighted by molar-refractivity contribution is 4.91. The maximum absolute atomic E-state index is 2.73. The van der Waals surface area contributed by atoms with Crippen LogP contribution in [-0.4, -0.2) is 48.1 Å². The van der Waals surface area contributed by atoms with Crippen molar-refractivity contribution >= 4 is 0 Å². The zero-order valence-corrected chi connectivity index (χ0v) is 15.9. The van der Waals surface area contributed by atoms with Crippen LogP contribution < -0.4 is 0 Å². The molecule has 0 N–H and O–H groups in total. The van der Waals surface area contributed by atoms with Gasteiger partial charge in [-0.3, -0.25) is 0 Å². The van der Waals surface area contributed by atoms with E-state index in [1.165, 1.54) is 64.7 Å². The Balaban J connectivity index is 0.000000164. The van der Waals surface area contributed by atoms with Crippen molar-refractivity contribution in [3.8, 4) is 0 Å². The third-order valence-electron chi connectivity index (χ3n) is 6.20. The number of hydrogen-bond donors (Lipinski definition) is 0. The van der Waals surface area contributed by atoms with Crippen molar-refractivity contribution in [2.24, 2.45) is 17.8 Å². The lowest BCUT2D eigenvalue weighted by Gasteiger charge is -2.27. The van der Waals surface area contributed by atoms with E-state index in [-0.39, 0.29) is 0 Å². The second-order valence-electron chi connectivity index (χ2n) is 8.74. The van der Waals surface area contributed by atoms with Gasteiger partial charge in [0.2, 0.25) is 0 Å². The maximum Gasteiger partial charge on any atom is 0.00985 e. The van der Waals surface area contributed by atoms with E-state index in [0.717, 1.165) is 29.8 Å². The van der Waals surface area contributed by atoms with E-state index in [2.05, 4.69) is 44.4 Å². The van der Waals surface area contributed by atoms with Gasteiger partial charge in [0.15, 0.2) is 0 Å². The summed E-state index contributed by atoms with van der Waals surface area (Å²) in [5.41, 5.74) is 0. The van der Waals surface area contributed by atoms with Crippen LogP contribution in [0.3, 0.4) is 0 Å². The van der Waals surface area contributed by atoms with E-state index in [9.17, 15) is 0 Å². The summed E-state index contributed by atoms with van der Waals surface area (Å²) in [5.74, 6) is 2.77. The molecule has 2 saturated heterocycles. The molecule has 2 heterocycles. The lowest BCUT2D eigenvalue weighted by atomic mass is 10.1. The molecule has 3 atom stereocenters. The summed E-state index contributed by atoms with van der Waals surface area (Å²) in [6.07, 6.45) is 8.74. The standard InChI is InChI=1S/C11H21N.C9H19N/c1-9(2)5-6-12-8-10-3-4-11(12)7-10;1-8(2)9(3)10-6-4-5-7-10/h9-11H,3-8H2,1-2H3;8-9H,4-7H2,1-3H3. The van der Waals surface area contributed by atoms with Crippen LogP contribution in [0.2, 0.25) is 0 Å². The van der Waals surface area contributed by atoms with E-state index in [1.54, 1.807) is 0 Å². The Labute approximate surface area is 139 Å². The zero-order chi connectivity index (χ0) is 16.1. The molecule has 2 nitrogen and oxygen atoms in total. The Kier molecular flexibility index (Phi) is 7.21. The largest absolute Gasteiger partial charge is 0.300 e. The fraction of sp³-hybridized carbons (Fsp3) is 1.00. The van der Waals surface area contributed by atoms with Crippen molar-refractivity contribution in [3.05, 3.63) is 0 Å². The Hall–Kier alpha value is -0.0800. The summed E-state index contributed by atoms with van der Waals surface area (Å²) in [7, 11) is 0. The lowest BCUT2D eigenvalue weighted by Crippen LogP contribution is -2.33. The van der Waals surface area contributed by atoms with Crippen LogP contribution in [-0.2, 0) is 0 Å². The van der Waals surface area contributed by atoms with Gasteiger partial charge in [0, 0.05) is 18.6 Å². The molecule has 2 bridgehead atoms. The quantitative estimate of drug-likeness (QED) is 0.730. The van der Waals surface area contributed by atoms with Gasteiger partial charge in [-0.05, 0) is 82.8 Å². The van der Waals surface area contributed by atoms with Gasteiger partial charge >= 0.3 is 0 Å². The highest BCUT2D eigenvalue weighted by atomic mass is 15.2. The number of fused-ring (bicyclic) bond motifs is 2. The number of piperidine rings is 1. The minimum absolute atomic E-state index is 0.794. The molecule has 3 fully saturated rings. The SMILES string of the molecule is CC(C)C(C)N1CCCC1.CC(C)CCN1CC2CCC1C2. The zero-order valence-electron chi connectivity index (χ0n) is 15.9. The fourth-order valence-corrected chi connectivity index (χ4v) is 4.30. The molecule has 0 radical (unpaired) electrons. The fourth-order valence-electron chi connectivity index (χ4n) is 4.30. The molecule has 22 heavy (non-hydrogen) atoms. The highest BCUT2D eigenvalue weighted by Gasteiger charge is 2.37. The van der Waals surface area contributed by atoms with E-state index in [1.807, 2.05) is 0 Å². The first kappa shape index (κ1) is 18.3. The summed E-state index contributed by atoms with van der Waals surface area (Å²) in [5, 5.41) is 0. The van der Waals surface area contributed by atoms with Gasteiger partial charge in [-0.1, -0.05) is 27.7 Å². The minimum Gasteiger partial charge on any atom is -0.300 e. The molecule has 3 aliphatic rings. The maximum atomic E-state index is 2.73. The van der Waals surface area contributed by atoms with Gasteiger partial charge in [-0.25, -0.2) is 0 Å². The van der Waals surface area contributed by atoms with E-state index in [4.69, 9.17) is 0 Å². The molecule has 0 aromatic rings. The van der Waals surface area contributed by atoms with Crippen LogP contribution in [0.15, 0.2) is 0 Å². The molecule has 2 heteroatoms. The first-order valence-corrected chi connectivity index (χ1v) is 9.95. The van der Waals surface area contributed by atoms with Crippen LogP contribution in [0.25, 0.3) is 0 Å². The Morgan fingerprint density at radius 3 is 2.09 bits per heavy atom. The van der Waals surface area contributed by atoms with Crippen LogP contribution in [0, 0.1) is 17.8 Å². The summed E-state index contributed by atoms with van der Waals surface area (Å²) in [6.45, 7) is 17.1. The molecule has 0 spiro atoms. The Morgan fingerprint density at radius 1 is 0.955 bits per heavy atom. The van der Waals surface area contributed by atoms with Gasteiger partial charge in [-0.2, -0.15) is 0 Å². The second kappa shape index (κ2) is 8.68. The predicted octanol–water partition coefficient (Wildman–Crippen LogP) is 4.64. The average molecular weight is 309 g/mol. The molecule has 1 saturated carbocycles. The average Bonchev–Trinajstić information content (AvgIpc) is 3.21. The van der Waals surface area contributed by atoms with Crippen molar-refractivity contribution in [3.63, 3.8) is 0 Å². The van der Waals surface area contributed by atoms with Crippen molar-refractivity contribution in [2.75, 3.05) is 26.2 Å². The number of hydrogen-bond acceptors (Lipinski definition) is 2. The minimum atomic E-state index is 0.794. The molecule has 0 aromatic carbocycles. The number of rotatable bonds is 5. The molecular weight excluding hydrogens is 268 g/mol. The molecule has 0 amide bonds. The van der Waals surface area contributed by atoms with E-state index in [0.29, 0.717) is 0 Å². The van der Waals surface area contributed by atoms with Crippen LogP contribution in [0.4, 0.5) is 0 Å². The molecule has 3 rings (SSSR count). The van der Waals surface area contributed by atoms with E-state index >= 15 is 0 Å². The first-order valence-electron chi connectivity index (χ1n) is 9.95. The molecule has 2 aliphatic heterocycles. The van der Waals surface area contributed by atoms with Gasteiger partial charge in [0.25, 0.3) is 0 Å². The van der Waals surface area contributed by atoms with Crippen LogP contribution in [0.1, 0.15) is 73.1 Å². The molecule has 1 aliphatic carbocycles. The van der Waals surface area contributed by atoms with Crippen molar-refractivity contribution < 1.29 is 0 Å². The summed E-state index contributed by atoms with van der Waals surface area (Å²) >= 11 is 0. The van der Waals surface area contributed by atoms with E-state index < -0.39 is 0 Å². The Bertz CT molecular complexity index is 307. The lowest BCUT2D eigenvalue weighted by molar-refractivity contribution is 0.203.